The quantitative estimate of drug-likeness (QED) is 0.622. The fourth-order valence-corrected chi connectivity index (χ4v) is 6.25. The van der Waals surface area contributed by atoms with Gasteiger partial charge in [0.05, 0.1) is 0 Å². The molecule has 0 aliphatic heterocycles. The van der Waals surface area contributed by atoms with Gasteiger partial charge in [0.2, 0.25) is 0 Å². The van der Waals surface area contributed by atoms with Gasteiger partial charge in [-0.1, -0.05) is 27.7 Å². The zero-order valence-electron chi connectivity index (χ0n) is 9.93. The SMILES string of the molecule is CC(C)C(C)(C)C12CC3C4CCC41C32. The monoisotopic (exact) mass is 190 g/mol. The second-order valence-corrected chi connectivity index (χ2v) is 7.38. The molecule has 4 rings (SSSR count). The van der Waals surface area contributed by atoms with Crippen molar-refractivity contribution >= 4 is 0 Å². The van der Waals surface area contributed by atoms with Gasteiger partial charge in [-0.15, -0.1) is 0 Å². The number of hydrogen-bond donors (Lipinski definition) is 0. The Balaban J connectivity index is 1.76. The Hall–Kier alpha value is 0. The Labute approximate surface area is 87.5 Å². The lowest BCUT2D eigenvalue weighted by atomic mass is 9.53. The molecule has 5 atom stereocenters. The minimum absolute atomic E-state index is 0.614. The second-order valence-electron chi connectivity index (χ2n) is 7.38. The molecule has 0 radical (unpaired) electrons. The minimum atomic E-state index is 0.614. The summed E-state index contributed by atoms with van der Waals surface area (Å²) in [6.45, 7) is 9.97. The summed E-state index contributed by atoms with van der Waals surface area (Å²) in [7, 11) is 0. The Bertz CT molecular complexity index is 327. The van der Waals surface area contributed by atoms with Crippen LogP contribution in [0.5, 0.6) is 0 Å². The Morgan fingerprint density at radius 3 is 2.36 bits per heavy atom. The number of hydrogen-bond acceptors (Lipinski definition) is 0. The Morgan fingerprint density at radius 1 is 1.29 bits per heavy atom. The molecule has 0 saturated heterocycles. The smallest absolute Gasteiger partial charge is 0.0142 e. The maximum atomic E-state index is 2.55. The molecule has 0 amide bonds. The summed E-state index contributed by atoms with van der Waals surface area (Å²) in [5.41, 5.74) is 2.37. The molecule has 0 bridgehead atoms. The van der Waals surface area contributed by atoms with E-state index in [4.69, 9.17) is 0 Å². The van der Waals surface area contributed by atoms with Gasteiger partial charge in [-0.2, -0.15) is 0 Å². The van der Waals surface area contributed by atoms with Gasteiger partial charge in [0.1, 0.15) is 0 Å². The third kappa shape index (κ3) is 0.417. The molecule has 14 heavy (non-hydrogen) atoms. The van der Waals surface area contributed by atoms with E-state index in [0.29, 0.717) is 5.41 Å². The van der Waals surface area contributed by atoms with Gasteiger partial charge < -0.3 is 0 Å². The second kappa shape index (κ2) is 1.72. The van der Waals surface area contributed by atoms with Crippen molar-refractivity contribution in [1.29, 1.82) is 0 Å². The average molecular weight is 190 g/mol. The molecule has 4 saturated carbocycles. The van der Waals surface area contributed by atoms with E-state index in [9.17, 15) is 0 Å². The van der Waals surface area contributed by atoms with Crippen LogP contribution in [-0.2, 0) is 0 Å². The topological polar surface area (TPSA) is 0 Å². The molecule has 4 fully saturated rings. The molecule has 1 spiro atoms. The molecule has 0 aromatic heterocycles. The molecule has 0 heterocycles. The van der Waals surface area contributed by atoms with Gasteiger partial charge in [-0.25, -0.2) is 0 Å². The lowest BCUT2D eigenvalue weighted by Crippen LogP contribution is -2.45. The molecule has 0 aromatic carbocycles. The first-order valence-electron chi connectivity index (χ1n) is 6.50. The van der Waals surface area contributed by atoms with Gasteiger partial charge in [-0.05, 0) is 59.2 Å². The zero-order valence-corrected chi connectivity index (χ0v) is 9.93. The molecule has 0 aromatic rings. The van der Waals surface area contributed by atoms with Crippen LogP contribution in [0.15, 0.2) is 0 Å². The van der Waals surface area contributed by atoms with Gasteiger partial charge in [-0.3, -0.25) is 0 Å². The van der Waals surface area contributed by atoms with Crippen molar-refractivity contribution in [3.05, 3.63) is 0 Å². The van der Waals surface area contributed by atoms with Gasteiger partial charge >= 0.3 is 0 Å². The average Bonchev–Trinajstić information content (AvgIpc) is 2.46. The van der Waals surface area contributed by atoms with E-state index in [0.717, 1.165) is 16.7 Å². The first-order valence-corrected chi connectivity index (χ1v) is 6.50. The minimum Gasteiger partial charge on any atom is -0.0622 e. The van der Waals surface area contributed by atoms with Crippen LogP contribution in [0.2, 0.25) is 0 Å². The maximum absolute atomic E-state index is 2.55. The van der Waals surface area contributed by atoms with Crippen molar-refractivity contribution < 1.29 is 0 Å². The molecular weight excluding hydrogens is 168 g/mol. The van der Waals surface area contributed by atoms with Crippen molar-refractivity contribution in [3.8, 4) is 0 Å². The summed E-state index contributed by atoms with van der Waals surface area (Å²) in [5.74, 6) is 4.46. The lowest BCUT2D eigenvalue weighted by molar-refractivity contribution is -0.0321. The molecule has 4 aliphatic carbocycles. The van der Waals surface area contributed by atoms with Gasteiger partial charge in [0.15, 0.2) is 0 Å². The maximum Gasteiger partial charge on any atom is -0.0142 e. The first-order chi connectivity index (χ1) is 6.50. The van der Waals surface area contributed by atoms with Crippen LogP contribution in [0, 0.1) is 39.9 Å². The fourth-order valence-electron chi connectivity index (χ4n) is 6.25. The van der Waals surface area contributed by atoms with Crippen LogP contribution in [-0.4, -0.2) is 0 Å². The standard InChI is InChI=1S/C14H22/c1-8(2)12(3,4)14-7-9-10-5-6-13(10,14)11(9)14/h8-11H,5-7H2,1-4H3. The number of fused-ring (bicyclic) bond motifs is 1. The molecule has 0 N–H and O–H groups in total. The molecule has 5 unspecified atom stereocenters. The Kier molecular flexibility index (Phi) is 1.01. The Morgan fingerprint density at radius 2 is 2.00 bits per heavy atom. The zero-order chi connectivity index (χ0) is 9.93. The van der Waals surface area contributed by atoms with Crippen LogP contribution < -0.4 is 0 Å². The summed E-state index contributed by atoms with van der Waals surface area (Å²) in [4.78, 5) is 0. The summed E-state index contributed by atoms with van der Waals surface area (Å²) in [5, 5.41) is 0. The number of rotatable bonds is 2. The van der Waals surface area contributed by atoms with Crippen LogP contribution in [0.1, 0.15) is 47.0 Å². The lowest BCUT2D eigenvalue weighted by Gasteiger charge is -2.51. The molecular formula is C14H22. The van der Waals surface area contributed by atoms with E-state index >= 15 is 0 Å². The van der Waals surface area contributed by atoms with E-state index in [1.54, 1.807) is 19.3 Å². The molecule has 78 valence electrons. The van der Waals surface area contributed by atoms with E-state index in [2.05, 4.69) is 27.7 Å². The van der Waals surface area contributed by atoms with Gasteiger partial charge in [0, 0.05) is 0 Å². The largest absolute Gasteiger partial charge is 0.0622 e. The predicted octanol–water partition coefficient (Wildman–Crippen LogP) is 3.71. The first kappa shape index (κ1) is 8.19. The van der Waals surface area contributed by atoms with Crippen molar-refractivity contribution in [2.24, 2.45) is 39.9 Å². The van der Waals surface area contributed by atoms with Gasteiger partial charge in [0.25, 0.3) is 0 Å². The van der Waals surface area contributed by atoms with Crippen LogP contribution in [0.4, 0.5) is 0 Å². The fraction of sp³-hybridized carbons (Fsp3) is 1.00. The highest BCUT2D eigenvalue weighted by molar-refractivity contribution is 5.47. The third-order valence-electron chi connectivity index (χ3n) is 7.46. The summed E-state index contributed by atoms with van der Waals surface area (Å²) in [6.07, 6.45) is 4.78. The molecule has 0 nitrogen and oxygen atoms in total. The van der Waals surface area contributed by atoms with Crippen LogP contribution in [0.25, 0.3) is 0 Å². The van der Waals surface area contributed by atoms with E-state index in [1.165, 1.54) is 17.8 Å². The van der Waals surface area contributed by atoms with Crippen LogP contribution in [0.3, 0.4) is 0 Å². The summed E-state index contributed by atoms with van der Waals surface area (Å²) in [6, 6.07) is 0. The predicted molar refractivity (Wildman–Crippen MR) is 57.8 cm³/mol. The highest BCUT2D eigenvalue weighted by Gasteiger charge is 3.00. The highest BCUT2D eigenvalue weighted by atomic mass is 15.0. The van der Waals surface area contributed by atoms with Crippen molar-refractivity contribution in [1.82, 2.24) is 0 Å². The van der Waals surface area contributed by atoms with Crippen LogP contribution >= 0.6 is 0 Å². The molecule has 4 aliphatic rings. The van der Waals surface area contributed by atoms with Crippen molar-refractivity contribution in [2.45, 2.75) is 47.0 Å². The molecule has 0 heteroatoms. The normalized spacial score (nSPS) is 61.9. The third-order valence-corrected chi connectivity index (χ3v) is 7.46. The van der Waals surface area contributed by atoms with E-state index < -0.39 is 0 Å². The highest BCUT2D eigenvalue weighted by Crippen LogP contribution is 3.05. The summed E-state index contributed by atoms with van der Waals surface area (Å²) >= 11 is 0. The van der Waals surface area contributed by atoms with Crippen molar-refractivity contribution in [2.75, 3.05) is 0 Å². The summed E-state index contributed by atoms with van der Waals surface area (Å²) < 4.78 is 0. The van der Waals surface area contributed by atoms with Crippen molar-refractivity contribution in [3.63, 3.8) is 0 Å². The van der Waals surface area contributed by atoms with E-state index in [-0.39, 0.29) is 0 Å². The van der Waals surface area contributed by atoms with E-state index in [1.807, 2.05) is 0 Å².